The van der Waals surface area contributed by atoms with Crippen LogP contribution < -0.4 is 0 Å². The Morgan fingerprint density at radius 2 is 2.19 bits per heavy atom. The van der Waals surface area contributed by atoms with Gasteiger partial charge in [-0.15, -0.1) is 0 Å². The standard InChI is InChI=1S/C12H13BrF2O/c13-7-12(3-4-16-8-12)6-9-1-2-10(14)5-11(9)15/h1-2,5H,3-4,6-8H2. The van der Waals surface area contributed by atoms with E-state index in [0.717, 1.165) is 17.8 Å². The van der Waals surface area contributed by atoms with Gasteiger partial charge in [0.1, 0.15) is 11.6 Å². The molecule has 1 heterocycles. The highest BCUT2D eigenvalue weighted by Crippen LogP contribution is 2.35. The Hall–Kier alpha value is -0.480. The molecule has 1 nitrogen and oxygen atoms in total. The summed E-state index contributed by atoms with van der Waals surface area (Å²) in [7, 11) is 0. The van der Waals surface area contributed by atoms with Crippen LogP contribution in [0.1, 0.15) is 12.0 Å². The van der Waals surface area contributed by atoms with Crippen LogP contribution >= 0.6 is 15.9 Å². The molecule has 0 aromatic heterocycles. The first-order valence-corrected chi connectivity index (χ1v) is 6.35. The summed E-state index contributed by atoms with van der Waals surface area (Å²) in [4.78, 5) is 0. The van der Waals surface area contributed by atoms with Crippen molar-refractivity contribution in [1.82, 2.24) is 0 Å². The van der Waals surface area contributed by atoms with Crippen molar-refractivity contribution in [3.8, 4) is 0 Å². The van der Waals surface area contributed by atoms with E-state index in [2.05, 4.69) is 15.9 Å². The van der Waals surface area contributed by atoms with Crippen LogP contribution in [-0.4, -0.2) is 18.5 Å². The van der Waals surface area contributed by atoms with Gasteiger partial charge in [-0.1, -0.05) is 22.0 Å². The molecule has 4 heteroatoms. The Morgan fingerprint density at radius 3 is 2.75 bits per heavy atom. The number of hydrogen-bond acceptors (Lipinski definition) is 1. The molecule has 1 unspecified atom stereocenters. The van der Waals surface area contributed by atoms with Crippen LogP contribution in [0.25, 0.3) is 0 Å². The first-order chi connectivity index (χ1) is 7.65. The molecule has 2 rings (SSSR count). The smallest absolute Gasteiger partial charge is 0.129 e. The maximum Gasteiger partial charge on any atom is 0.129 e. The van der Waals surface area contributed by atoms with E-state index in [4.69, 9.17) is 4.74 Å². The van der Waals surface area contributed by atoms with E-state index in [1.807, 2.05) is 0 Å². The van der Waals surface area contributed by atoms with E-state index >= 15 is 0 Å². The summed E-state index contributed by atoms with van der Waals surface area (Å²) < 4.78 is 31.6. The van der Waals surface area contributed by atoms with Gasteiger partial charge in [0.15, 0.2) is 0 Å². The zero-order chi connectivity index (χ0) is 11.6. The average molecular weight is 291 g/mol. The van der Waals surface area contributed by atoms with Crippen LogP contribution in [0.4, 0.5) is 8.78 Å². The summed E-state index contributed by atoms with van der Waals surface area (Å²) in [5.74, 6) is -0.996. The Morgan fingerprint density at radius 1 is 1.38 bits per heavy atom. The fourth-order valence-electron chi connectivity index (χ4n) is 2.01. The third kappa shape index (κ3) is 2.43. The number of alkyl halides is 1. The molecule has 1 saturated heterocycles. The lowest BCUT2D eigenvalue weighted by molar-refractivity contribution is 0.161. The minimum atomic E-state index is -0.531. The van der Waals surface area contributed by atoms with E-state index in [1.54, 1.807) is 0 Å². The second kappa shape index (κ2) is 4.80. The van der Waals surface area contributed by atoms with E-state index in [-0.39, 0.29) is 5.41 Å². The Kier molecular flexibility index (Phi) is 3.60. The third-order valence-electron chi connectivity index (χ3n) is 3.05. The molecule has 1 aliphatic heterocycles. The fourth-order valence-corrected chi connectivity index (χ4v) is 2.65. The van der Waals surface area contributed by atoms with Gasteiger partial charge >= 0.3 is 0 Å². The van der Waals surface area contributed by atoms with Crippen molar-refractivity contribution >= 4 is 15.9 Å². The predicted molar refractivity (Wildman–Crippen MR) is 61.7 cm³/mol. The minimum Gasteiger partial charge on any atom is -0.381 e. The van der Waals surface area contributed by atoms with Gasteiger partial charge in [0, 0.05) is 23.4 Å². The number of benzene rings is 1. The van der Waals surface area contributed by atoms with E-state index in [9.17, 15) is 8.78 Å². The van der Waals surface area contributed by atoms with Gasteiger partial charge in [-0.3, -0.25) is 0 Å². The Labute approximate surface area is 102 Å². The zero-order valence-corrected chi connectivity index (χ0v) is 10.4. The highest BCUT2D eigenvalue weighted by Gasteiger charge is 2.34. The minimum absolute atomic E-state index is 0.0430. The van der Waals surface area contributed by atoms with E-state index in [0.29, 0.717) is 25.2 Å². The quantitative estimate of drug-likeness (QED) is 0.776. The second-order valence-corrected chi connectivity index (χ2v) is 4.91. The van der Waals surface area contributed by atoms with Crippen molar-refractivity contribution in [2.24, 2.45) is 5.41 Å². The van der Waals surface area contributed by atoms with Crippen molar-refractivity contribution < 1.29 is 13.5 Å². The molecule has 0 spiro atoms. The second-order valence-electron chi connectivity index (χ2n) is 4.35. The van der Waals surface area contributed by atoms with Crippen LogP contribution in [-0.2, 0) is 11.2 Å². The van der Waals surface area contributed by atoms with Crippen LogP contribution in [0.3, 0.4) is 0 Å². The topological polar surface area (TPSA) is 9.23 Å². The summed E-state index contributed by atoms with van der Waals surface area (Å²) in [5, 5.41) is 0.775. The van der Waals surface area contributed by atoms with Gasteiger partial charge in [0.2, 0.25) is 0 Å². The average Bonchev–Trinajstić information content (AvgIpc) is 2.72. The Balaban J connectivity index is 2.19. The molecule has 16 heavy (non-hydrogen) atoms. The molecule has 1 atom stereocenters. The lowest BCUT2D eigenvalue weighted by Gasteiger charge is -2.24. The van der Waals surface area contributed by atoms with Crippen molar-refractivity contribution in [2.75, 3.05) is 18.5 Å². The molecule has 1 fully saturated rings. The maximum absolute atomic E-state index is 13.5. The predicted octanol–water partition coefficient (Wildman–Crippen LogP) is 3.31. The van der Waals surface area contributed by atoms with E-state index in [1.165, 1.54) is 12.1 Å². The molecular weight excluding hydrogens is 278 g/mol. The monoisotopic (exact) mass is 290 g/mol. The molecular formula is C12H13BrF2O. The highest BCUT2D eigenvalue weighted by molar-refractivity contribution is 9.09. The number of halogens is 3. The molecule has 1 aromatic rings. The molecule has 0 saturated carbocycles. The summed E-state index contributed by atoms with van der Waals surface area (Å²) in [5.41, 5.74) is 0.518. The van der Waals surface area contributed by atoms with Crippen LogP contribution in [0, 0.1) is 17.0 Å². The number of hydrogen-bond donors (Lipinski definition) is 0. The molecule has 0 bridgehead atoms. The van der Waals surface area contributed by atoms with Crippen molar-refractivity contribution in [3.63, 3.8) is 0 Å². The molecule has 88 valence electrons. The number of rotatable bonds is 3. The van der Waals surface area contributed by atoms with Gasteiger partial charge in [-0.05, 0) is 24.5 Å². The normalized spacial score (nSPS) is 24.9. The van der Waals surface area contributed by atoms with Crippen LogP contribution in [0.15, 0.2) is 18.2 Å². The lowest BCUT2D eigenvalue weighted by atomic mass is 9.83. The molecule has 0 aliphatic carbocycles. The zero-order valence-electron chi connectivity index (χ0n) is 8.81. The van der Waals surface area contributed by atoms with Gasteiger partial charge in [-0.2, -0.15) is 0 Å². The lowest BCUT2D eigenvalue weighted by Crippen LogP contribution is -2.26. The summed E-state index contributed by atoms with van der Waals surface area (Å²) in [6, 6.07) is 3.76. The summed E-state index contributed by atoms with van der Waals surface area (Å²) in [6.45, 7) is 1.35. The highest BCUT2D eigenvalue weighted by atomic mass is 79.9. The largest absolute Gasteiger partial charge is 0.381 e. The fraction of sp³-hybridized carbons (Fsp3) is 0.500. The van der Waals surface area contributed by atoms with Crippen molar-refractivity contribution in [1.29, 1.82) is 0 Å². The molecule has 1 aromatic carbocycles. The van der Waals surface area contributed by atoms with Gasteiger partial charge in [-0.25, -0.2) is 8.78 Å². The van der Waals surface area contributed by atoms with E-state index < -0.39 is 11.6 Å². The van der Waals surface area contributed by atoms with Gasteiger partial charge in [0.25, 0.3) is 0 Å². The maximum atomic E-state index is 13.5. The Bertz CT molecular complexity index is 375. The molecule has 0 N–H and O–H groups in total. The van der Waals surface area contributed by atoms with Gasteiger partial charge < -0.3 is 4.74 Å². The first-order valence-electron chi connectivity index (χ1n) is 5.23. The molecule has 0 radical (unpaired) electrons. The first kappa shape index (κ1) is 12.0. The molecule has 1 aliphatic rings. The SMILES string of the molecule is Fc1ccc(CC2(CBr)CCOC2)c(F)c1. The van der Waals surface area contributed by atoms with Crippen LogP contribution in [0.5, 0.6) is 0 Å². The third-order valence-corrected chi connectivity index (χ3v) is 4.24. The summed E-state index contributed by atoms with van der Waals surface area (Å²) in [6.07, 6.45) is 1.50. The van der Waals surface area contributed by atoms with Gasteiger partial charge in [0.05, 0.1) is 6.61 Å². The van der Waals surface area contributed by atoms with Crippen molar-refractivity contribution in [2.45, 2.75) is 12.8 Å². The van der Waals surface area contributed by atoms with Crippen LogP contribution in [0.2, 0.25) is 0 Å². The van der Waals surface area contributed by atoms with Crippen molar-refractivity contribution in [3.05, 3.63) is 35.4 Å². The summed E-state index contributed by atoms with van der Waals surface area (Å²) >= 11 is 3.45. The number of ether oxygens (including phenoxy) is 1. The molecule has 0 amide bonds.